The van der Waals surface area contributed by atoms with Gasteiger partial charge in [0.2, 0.25) is 11.8 Å². The molecule has 0 unspecified atom stereocenters. The van der Waals surface area contributed by atoms with Crippen LogP contribution in [0.5, 0.6) is 0 Å². The Morgan fingerprint density at radius 2 is 1.21 bits per heavy atom. The highest BCUT2D eigenvalue weighted by molar-refractivity contribution is 6.19. The Labute approximate surface area is 191 Å². The van der Waals surface area contributed by atoms with E-state index in [4.69, 9.17) is 0 Å². The average Bonchev–Trinajstić information content (AvgIpc) is 3.30. The van der Waals surface area contributed by atoms with E-state index >= 15 is 0 Å². The summed E-state index contributed by atoms with van der Waals surface area (Å²) in [4.78, 5) is 40.6. The minimum absolute atomic E-state index is 0.00624. The summed E-state index contributed by atoms with van der Waals surface area (Å²) in [7, 11) is 0. The molecule has 7 nitrogen and oxygen atoms in total. The van der Waals surface area contributed by atoms with Gasteiger partial charge < -0.3 is 5.32 Å². The second-order valence-corrected chi connectivity index (χ2v) is 7.39. The first-order valence-electron chi connectivity index (χ1n) is 10.5. The van der Waals surface area contributed by atoms with Crippen molar-refractivity contribution in [2.45, 2.75) is 12.8 Å². The van der Waals surface area contributed by atoms with Crippen molar-refractivity contribution >= 4 is 29.1 Å². The van der Waals surface area contributed by atoms with Crippen molar-refractivity contribution in [1.29, 1.82) is 0 Å². The second kappa shape index (κ2) is 10.2. The van der Waals surface area contributed by atoms with Crippen LogP contribution >= 0.6 is 0 Å². The zero-order valence-electron chi connectivity index (χ0n) is 17.8. The van der Waals surface area contributed by atoms with E-state index in [2.05, 4.69) is 15.5 Å². The molecular formula is C26H22N4O3. The number of carbonyl (C=O) groups is 3. The summed E-state index contributed by atoms with van der Waals surface area (Å²) >= 11 is 0. The number of nitrogens with zero attached hydrogens (tertiary/aromatic N) is 2. The summed E-state index contributed by atoms with van der Waals surface area (Å²) in [6, 6.07) is 27.2. The van der Waals surface area contributed by atoms with E-state index in [0.717, 1.165) is 16.0 Å². The molecule has 0 saturated carbocycles. The van der Waals surface area contributed by atoms with Crippen molar-refractivity contribution < 1.29 is 14.4 Å². The van der Waals surface area contributed by atoms with Crippen LogP contribution in [0.25, 0.3) is 0 Å². The van der Waals surface area contributed by atoms with E-state index in [1.165, 1.54) is 6.20 Å². The van der Waals surface area contributed by atoms with Crippen LogP contribution in [0.4, 0.5) is 11.4 Å². The summed E-state index contributed by atoms with van der Waals surface area (Å²) in [6.45, 7) is 0. The van der Waals surface area contributed by atoms with Crippen molar-refractivity contribution in [1.82, 2.24) is 10.2 Å². The molecule has 2 N–H and O–H groups in total. The first-order valence-corrected chi connectivity index (χ1v) is 10.5. The molecule has 3 aromatic carbocycles. The Balaban J connectivity index is 1.64. The fourth-order valence-electron chi connectivity index (χ4n) is 3.44. The number of nitrogens with one attached hydrogen (secondary N) is 2. The molecule has 0 aliphatic carbocycles. The molecule has 3 amide bonds. The maximum absolute atomic E-state index is 13.3. The van der Waals surface area contributed by atoms with Gasteiger partial charge >= 0.3 is 0 Å². The van der Waals surface area contributed by atoms with E-state index in [0.29, 0.717) is 5.69 Å². The molecule has 0 fully saturated rings. The van der Waals surface area contributed by atoms with Gasteiger partial charge in [-0.3, -0.25) is 19.5 Å². The minimum atomic E-state index is -0.525. The lowest BCUT2D eigenvalue weighted by molar-refractivity contribution is -0.125. The van der Waals surface area contributed by atoms with E-state index in [1.54, 1.807) is 24.3 Å². The third-order valence-electron chi connectivity index (χ3n) is 5.00. The lowest BCUT2D eigenvalue weighted by Crippen LogP contribution is -2.40. The highest BCUT2D eigenvalue weighted by atomic mass is 16.2. The van der Waals surface area contributed by atoms with Crippen LogP contribution in [0, 0.1) is 0 Å². The topological polar surface area (TPSA) is 95.2 Å². The summed E-state index contributed by atoms with van der Waals surface area (Å²) in [5, 5.41) is 9.40. The van der Waals surface area contributed by atoms with Crippen molar-refractivity contribution in [2.24, 2.45) is 0 Å². The molecule has 33 heavy (non-hydrogen) atoms. The second-order valence-electron chi connectivity index (χ2n) is 7.39. The number of anilines is 2. The largest absolute Gasteiger partial charge is 0.321 e. The highest BCUT2D eigenvalue weighted by Gasteiger charge is 2.29. The van der Waals surface area contributed by atoms with Gasteiger partial charge in [-0.2, -0.15) is 5.10 Å². The predicted molar refractivity (Wildman–Crippen MR) is 126 cm³/mol. The Hall–Kier alpha value is -4.52. The number of para-hydroxylation sites is 1. The van der Waals surface area contributed by atoms with Gasteiger partial charge in [-0.25, -0.2) is 4.90 Å². The smallest absolute Gasteiger partial charge is 0.278 e. The predicted octanol–water partition coefficient (Wildman–Crippen LogP) is 4.01. The number of H-pyrrole nitrogens is 1. The van der Waals surface area contributed by atoms with Crippen LogP contribution in [0.2, 0.25) is 0 Å². The minimum Gasteiger partial charge on any atom is -0.321 e. The first kappa shape index (κ1) is 21.7. The van der Waals surface area contributed by atoms with Crippen LogP contribution in [-0.2, 0) is 22.4 Å². The molecule has 0 bridgehead atoms. The van der Waals surface area contributed by atoms with Gasteiger partial charge in [-0.15, -0.1) is 0 Å². The van der Waals surface area contributed by atoms with Crippen molar-refractivity contribution in [3.8, 4) is 0 Å². The number of carbonyl (C=O) groups excluding carboxylic acids is 3. The summed E-state index contributed by atoms with van der Waals surface area (Å²) in [5.74, 6) is -1.42. The Morgan fingerprint density at radius 3 is 1.73 bits per heavy atom. The molecule has 0 atom stereocenters. The number of benzene rings is 3. The third kappa shape index (κ3) is 5.40. The monoisotopic (exact) mass is 438 g/mol. The maximum atomic E-state index is 13.3. The van der Waals surface area contributed by atoms with Gasteiger partial charge in [0.15, 0.2) is 5.69 Å². The summed E-state index contributed by atoms with van der Waals surface area (Å²) in [5.41, 5.74) is 2.18. The molecule has 0 aliphatic rings. The van der Waals surface area contributed by atoms with Gasteiger partial charge in [0.25, 0.3) is 5.91 Å². The van der Waals surface area contributed by atoms with Crippen molar-refractivity contribution in [3.63, 3.8) is 0 Å². The van der Waals surface area contributed by atoms with Crippen LogP contribution in [0.3, 0.4) is 0 Å². The number of aromatic amines is 1. The Kier molecular flexibility index (Phi) is 6.70. The number of amides is 3. The average molecular weight is 438 g/mol. The number of rotatable bonds is 7. The molecular weight excluding hydrogens is 416 g/mol. The molecule has 0 saturated heterocycles. The zero-order valence-corrected chi connectivity index (χ0v) is 17.8. The van der Waals surface area contributed by atoms with E-state index < -0.39 is 17.7 Å². The zero-order chi connectivity index (χ0) is 23.0. The molecule has 164 valence electrons. The molecule has 0 spiro atoms. The Bertz CT molecular complexity index is 1180. The number of aromatic nitrogens is 2. The van der Waals surface area contributed by atoms with Gasteiger partial charge in [-0.05, 0) is 23.3 Å². The molecule has 1 aromatic heterocycles. The lowest BCUT2D eigenvalue weighted by atomic mass is 10.1. The number of hydrogen-bond donors (Lipinski definition) is 2. The Morgan fingerprint density at radius 1 is 0.727 bits per heavy atom. The fraction of sp³-hybridized carbons (Fsp3) is 0.0769. The van der Waals surface area contributed by atoms with Crippen LogP contribution in [0.1, 0.15) is 21.6 Å². The summed E-state index contributed by atoms with van der Waals surface area (Å²) in [6.07, 6.45) is 1.41. The highest BCUT2D eigenvalue weighted by Crippen LogP contribution is 2.22. The van der Waals surface area contributed by atoms with Crippen LogP contribution in [0.15, 0.2) is 97.2 Å². The molecule has 4 rings (SSSR count). The van der Waals surface area contributed by atoms with Gasteiger partial charge in [0, 0.05) is 11.9 Å². The van der Waals surface area contributed by atoms with Gasteiger partial charge in [0.1, 0.15) is 5.69 Å². The van der Waals surface area contributed by atoms with Crippen molar-refractivity contribution in [2.75, 3.05) is 10.2 Å². The van der Waals surface area contributed by atoms with Gasteiger partial charge in [-0.1, -0.05) is 78.9 Å². The molecule has 4 aromatic rings. The SMILES string of the molecule is O=C(Nc1ccccc1)c1n[nH]cc1N(C(=O)Cc1ccccc1)C(=O)Cc1ccccc1. The number of imide groups is 1. The fourth-order valence-corrected chi connectivity index (χ4v) is 3.44. The molecule has 7 heteroatoms. The summed E-state index contributed by atoms with van der Waals surface area (Å²) < 4.78 is 0. The van der Waals surface area contributed by atoms with Crippen molar-refractivity contribution in [3.05, 3.63) is 114 Å². The quantitative estimate of drug-likeness (QED) is 0.456. The lowest BCUT2D eigenvalue weighted by Gasteiger charge is -2.21. The molecule has 0 aliphatic heterocycles. The van der Waals surface area contributed by atoms with E-state index in [-0.39, 0.29) is 24.2 Å². The third-order valence-corrected chi connectivity index (χ3v) is 5.00. The first-order chi connectivity index (χ1) is 16.1. The van der Waals surface area contributed by atoms with E-state index in [1.807, 2.05) is 66.7 Å². The standard InChI is InChI=1S/C26H22N4O3/c31-23(16-19-10-4-1-5-11-19)30(24(32)17-20-12-6-2-7-13-20)22-18-27-29-25(22)26(33)28-21-14-8-3-9-15-21/h1-15,18H,16-17H2,(H,27,29)(H,28,33). The molecule has 0 radical (unpaired) electrons. The van der Waals surface area contributed by atoms with Gasteiger partial charge in [0.05, 0.1) is 12.8 Å². The number of hydrogen-bond acceptors (Lipinski definition) is 4. The van der Waals surface area contributed by atoms with Crippen LogP contribution < -0.4 is 10.2 Å². The van der Waals surface area contributed by atoms with Crippen LogP contribution in [-0.4, -0.2) is 27.9 Å². The van der Waals surface area contributed by atoms with E-state index in [9.17, 15) is 14.4 Å². The normalized spacial score (nSPS) is 10.4. The maximum Gasteiger partial charge on any atom is 0.278 e. The molecule has 1 heterocycles.